The Hall–Kier alpha value is -3.96. The molecule has 4 aromatic heterocycles. The van der Waals surface area contributed by atoms with Gasteiger partial charge in [-0.1, -0.05) is 6.07 Å². The van der Waals surface area contributed by atoms with Crippen molar-refractivity contribution in [1.29, 1.82) is 0 Å². The highest BCUT2D eigenvalue weighted by molar-refractivity contribution is 7.12. The van der Waals surface area contributed by atoms with Crippen LogP contribution < -0.4 is 16.4 Å². The van der Waals surface area contributed by atoms with Gasteiger partial charge in [-0.3, -0.25) is 0 Å². The predicted molar refractivity (Wildman–Crippen MR) is 143 cm³/mol. The number of aryl methyl sites for hydroxylation is 1. The summed E-state index contributed by atoms with van der Waals surface area (Å²) in [5, 5.41) is 8.16. The van der Waals surface area contributed by atoms with Gasteiger partial charge >= 0.3 is 5.97 Å². The van der Waals surface area contributed by atoms with Crippen LogP contribution >= 0.6 is 11.3 Å². The number of nitrogens with two attached hydrogens (primary N) is 1. The van der Waals surface area contributed by atoms with Gasteiger partial charge in [0.25, 0.3) is 0 Å². The minimum Gasteiger partial charge on any atom is -0.458 e. The van der Waals surface area contributed by atoms with Crippen molar-refractivity contribution < 1.29 is 9.53 Å². The van der Waals surface area contributed by atoms with Crippen molar-refractivity contribution in [2.75, 3.05) is 10.6 Å². The fourth-order valence-corrected chi connectivity index (χ4v) is 4.78. The fraction of sp³-hybridized carbons (Fsp3) is 0.308. The van der Waals surface area contributed by atoms with Gasteiger partial charge in [0, 0.05) is 29.0 Å². The highest BCUT2D eigenvalue weighted by Gasteiger charge is 2.29. The molecule has 1 fully saturated rings. The summed E-state index contributed by atoms with van der Waals surface area (Å²) in [6.45, 7) is 3.97. The summed E-state index contributed by atoms with van der Waals surface area (Å²) in [6, 6.07) is 11.0. The maximum Gasteiger partial charge on any atom is 0.348 e. The molecule has 0 saturated heterocycles. The van der Waals surface area contributed by atoms with Crippen LogP contribution in [-0.4, -0.2) is 42.5 Å². The Kier molecular flexibility index (Phi) is 7.06. The van der Waals surface area contributed by atoms with Crippen molar-refractivity contribution in [3.63, 3.8) is 0 Å². The monoisotopic (exact) mass is 516 g/mol. The first-order valence-corrected chi connectivity index (χ1v) is 12.9. The summed E-state index contributed by atoms with van der Waals surface area (Å²) in [7, 11) is 0. The zero-order valence-electron chi connectivity index (χ0n) is 20.6. The van der Waals surface area contributed by atoms with E-state index < -0.39 is 0 Å². The van der Waals surface area contributed by atoms with Gasteiger partial charge in [0.15, 0.2) is 5.82 Å². The Bertz CT molecular complexity index is 1400. The topological polar surface area (TPSA) is 141 Å². The lowest BCUT2D eigenvalue weighted by Gasteiger charge is -2.33. The third kappa shape index (κ3) is 6.43. The van der Waals surface area contributed by atoms with E-state index >= 15 is 0 Å². The molecule has 10 nitrogen and oxygen atoms in total. The van der Waals surface area contributed by atoms with Crippen molar-refractivity contribution >= 4 is 40.6 Å². The average molecular weight is 517 g/mol. The molecule has 0 aliphatic heterocycles. The Morgan fingerprint density at radius 1 is 1.05 bits per heavy atom. The molecule has 4 aromatic rings. The Labute approximate surface area is 218 Å². The molecule has 0 atom stereocenters. The molecule has 0 spiro atoms. The van der Waals surface area contributed by atoms with E-state index in [4.69, 9.17) is 10.5 Å². The van der Waals surface area contributed by atoms with Crippen LogP contribution in [0.4, 0.5) is 23.3 Å². The highest BCUT2D eigenvalue weighted by atomic mass is 32.1. The fourth-order valence-electron chi connectivity index (χ4n) is 4.06. The van der Waals surface area contributed by atoms with Crippen LogP contribution in [0.2, 0.25) is 0 Å². The van der Waals surface area contributed by atoms with E-state index in [1.165, 1.54) is 11.3 Å². The lowest BCUT2D eigenvalue weighted by Crippen LogP contribution is -2.42. The van der Waals surface area contributed by atoms with Crippen LogP contribution in [0.1, 0.15) is 48.0 Å². The Balaban J connectivity index is 1.21. The molecule has 0 aromatic carbocycles. The van der Waals surface area contributed by atoms with Gasteiger partial charge in [-0.2, -0.15) is 4.98 Å². The maximum absolute atomic E-state index is 12.6. The standard InChI is InChI=1S/C26H28N8O2S/c1-16-4-3-5-19(30-16)23-28-12-8-21(33-23)32-22-9-13-29-25(34-22)31-17-14-20(37-15-17)24(35)36-18-6-10-26(2,27)11-7-18/h3-5,8-9,12-15,18H,6-7,10-11,27H2,1-2H3,(H2,28,29,31,32,33,34)/t18-,26+. The first kappa shape index (κ1) is 24.7. The van der Waals surface area contributed by atoms with Gasteiger partial charge in [0.05, 0.1) is 5.69 Å². The van der Waals surface area contributed by atoms with Crippen molar-refractivity contribution in [1.82, 2.24) is 24.9 Å². The number of esters is 1. The van der Waals surface area contributed by atoms with Crippen molar-refractivity contribution in [2.24, 2.45) is 5.73 Å². The lowest BCUT2D eigenvalue weighted by molar-refractivity contribution is 0.0158. The summed E-state index contributed by atoms with van der Waals surface area (Å²) in [5.41, 5.74) is 8.31. The second kappa shape index (κ2) is 10.6. The van der Waals surface area contributed by atoms with E-state index in [0.717, 1.165) is 31.4 Å². The minimum absolute atomic E-state index is 0.0854. The van der Waals surface area contributed by atoms with Crippen molar-refractivity contribution in [3.8, 4) is 11.5 Å². The molecule has 1 saturated carbocycles. The molecule has 4 N–H and O–H groups in total. The smallest absolute Gasteiger partial charge is 0.348 e. The van der Waals surface area contributed by atoms with Crippen LogP contribution in [0.3, 0.4) is 0 Å². The molecule has 37 heavy (non-hydrogen) atoms. The normalized spacial score (nSPS) is 19.3. The molecule has 0 amide bonds. The van der Waals surface area contributed by atoms with E-state index in [-0.39, 0.29) is 17.6 Å². The number of carbonyl (C=O) groups is 1. The Morgan fingerprint density at radius 3 is 2.59 bits per heavy atom. The highest BCUT2D eigenvalue weighted by Crippen LogP contribution is 2.29. The molecule has 4 heterocycles. The number of pyridine rings is 1. The summed E-state index contributed by atoms with van der Waals surface area (Å²) >= 11 is 1.32. The van der Waals surface area contributed by atoms with Gasteiger partial charge in [-0.05, 0) is 69.9 Å². The third-order valence-electron chi connectivity index (χ3n) is 6.09. The molecule has 0 unspecified atom stereocenters. The summed E-state index contributed by atoms with van der Waals surface area (Å²) < 4.78 is 5.70. The number of anilines is 4. The molecular formula is C26H28N8O2S. The van der Waals surface area contributed by atoms with E-state index in [1.807, 2.05) is 37.4 Å². The van der Waals surface area contributed by atoms with Crippen molar-refractivity contribution in [3.05, 3.63) is 64.7 Å². The van der Waals surface area contributed by atoms with E-state index in [1.54, 1.807) is 30.6 Å². The number of aromatic nitrogens is 5. The number of nitrogens with one attached hydrogen (secondary N) is 2. The number of nitrogens with zero attached hydrogens (tertiary/aromatic N) is 5. The number of hydrogen-bond acceptors (Lipinski definition) is 11. The number of carbonyl (C=O) groups excluding carboxylic acids is 1. The van der Waals surface area contributed by atoms with Gasteiger partial charge < -0.3 is 21.1 Å². The number of thiophene rings is 1. The third-order valence-corrected chi connectivity index (χ3v) is 7.00. The SMILES string of the molecule is Cc1cccc(-c2nccc(Nc3ccnc(Nc4csc(C(=O)O[C@H]5CC[C@@](C)(N)CC5)c4)n3)n2)n1. The predicted octanol–water partition coefficient (Wildman–Crippen LogP) is 5.00. The van der Waals surface area contributed by atoms with E-state index in [2.05, 4.69) is 35.6 Å². The zero-order chi connectivity index (χ0) is 25.8. The largest absolute Gasteiger partial charge is 0.458 e. The summed E-state index contributed by atoms with van der Waals surface area (Å²) in [4.78, 5) is 35.3. The number of hydrogen-bond donors (Lipinski definition) is 3. The second-order valence-corrected chi connectivity index (χ2v) is 10.3. The first-order valence-electron chi connectivity index (χ1n) is 12.1. The van der Waals surface area contributed by atoms with Crippen LogP contribution in [0.25, 0.3) is 11.5 Å². The molecule has 190 valence electrons. The summed E-state index contributed by atoms with van der Waals surface area (Å²) in [5.74, 6) is 1.72. The van der Waals surface area contributed by atoms with E-state index in [0.29, 0.717) is 39.7 Å². The minimum atomic E-state index is -0.317. The van der Waals surface area contributed by atoms with E-state index in [9.17, 15) is 4.79 Å². The van der Waals surface area contributed by atoms with Gasteiger partial charge in [0.2, 0.25) is 5.95 Å². The molecule has 1 aliphatic carbocycles. The average Bonchev–Trinajstić information content (AvgIpc) is 3.34. The number of ether oxygens (including phenoxy) is 1. The zero-order valence-corrected chi connectivity index (χ0v) is 21.5. The van der Waals surface area contributed by atoms with Crippen LogP contribution in [0.5, 0.6) is 0 Å². The second-order valence-electron chi connectivity index (χ2n) is 9.40. The van der Waals surface area contributed by atoms with Crippen LogP contribution in [-0.2, 0) is 4.74 Å². The Morgan fingerprint density at radius 2 is 1.81 bits per heavy atom. The lowest BCUT2D eigenvalue weighted by atomic mass is 9.83. The first-order chi connectivity index (χ1) is 17.8. The maximum atomic E-state index is 12.6. The number of rotatable bonds is 7. The quantitative estimate of drug-likeness (QED) is 0.287. The molecular weight excluding hydrogens is 488 g/mol. The van der Waals surface area contributed by atoms with Crippen molar-refractivity contribution in [2.45, 2.75) is 51.2 Å². The van der Waals surface area contributed by atoms with Gasteiger partial charge in [0.1, 0.15) is 28.3 Å². The molecule has 11 heteroatoms. The summed E-state index contributed by atoms with van der Waals surface area (Å²) in [6.07, 6.45) is 6.50. The van der Waals surface area contributed by atoms with Crippen LogP contribution in [0, 0.1) is 6.92 Å². The molecule has 5 rings (SSSR count). The van der Waals surface area contributed by atoms with Gasteiger partial charge in [-0.25, -0.2) is 24.7 Å². The molecule has 0 bridgehead atoms. The van der Waals surface area contributed by atoms with Crippen LogP contribution in [0.15, 0.2) is 54.2 Å². The molecule has 0 radical (unpaired) electrons. The van der Waals surface area contributed by atoms with Gasteiger partial charge in [-0.15, -0.1) is 11.3 Å². The molecule has 1 aliphatic rings.